The van der Waals surface area contributed by atoms with Gasteiger partial charge in [-0.05, 0) is 79.3 Å². The van der Waals surface area contributed by atoms with Gasteiger partial charge in [-0.1, -0.05) is 48.0 Å². The van der Waals surface area contributed by atoms with Gasteiger partial charge in [-0.3, -0.25) is 9.20 Å². The summed E-state index contributed by atoms with van der Waals surface area (Å²) in [5.41, 5.74) is 8.30. The molecule has 3 aromatic carbocycles. The highest BCUT2D eigenvalue weighted by atomic mass is 35.5. The van der Waals surface area contributed by atoms with Crippen LogP contribution in [-0.4, -0.2) is 14.9 Å². The molecule has 180 valence electrons. The Morgan fingerprint density at radius 2 is 1.72 bits per heavy atom. The van der Waals surface area contributed by atoms with Crippen LogP contribution in [0.25, 0.3) is 28.0 Å². The minimum absolute atomic E-state index is 0.193. The monoisotopic (exact) mass is 497 g/mol. The number of hydrogen-bond donors (Lipinski definition) is 1. The van der Waals surface area contributed by atoms with E-state index in [1.165, 1.54) is 12.1 Å². The Bertz CT molecular complexity index is 1600. The van der Waals surface area contributed by atoms with E-state index in [0.717, 1.165) is 70.7 Å². The van der Waals surface area contributed by atoms with Crippen molar-refractivity contribution in [2.45, 2.75) is 32.7 Å². The fourth-order valence-electron chi connectivity index (χ4n) is 5.30. The average Bonchev–Trinajstić information content (AvgIpc) is 3.28. The first-order chi connectivity index (χ1) is 17.5. The highest BCUT2D eigenvalue weighted by Crippen LogP contribution is 2.40. The Balaban J connectivity index is 1.61. The van der Waals surface area contributed by atoms with Gasteiger partial charge in [-0.25, -0.2) is 4.39 Å². The van der Waals surface area contributed by atoms with E-state index in [0.29, 0.717) is 10.7 Å². The summed E-state index contributed by atoms with van der Waals surface area (Å²) in [6.07, 6.45) is 4.94. The molecule has 1 N–H and O–H groups in total. The normalized spacial score (nSPS) is 13.1. The molecule has 6 rings (SSSR count). The fraction of sp³-hybridized carbons (Fsp3) is 0.167. The van der Waals surface area contributed by atoms with Crippen molar-refractivity contribution in [3.63, 3.8) is 0 Å². The van der Waals surface area contributed by atoms with Crippen molar-refractivity contribution in [3.8, 4) is 22.4 Å². The smallest absolute Gasteiger partial charge is 0.273 e. The second kappa shape index (κ2) is 8.99. The topological polar surface area (TPSA) is 38.4 Å². The molecule has 2 aromatic heterocycles. The highest BCUT2D eigenvalue weighted by molar-refractivity contribution is 6.30. The average molecular weight is 498 g/mol. The maximum atomic E-state index is 13.9. The molecule has 0 aliphatic carbocycles. The number of aromatic nitrogens is 2. The number of carbonyl (C=O) groups is 1. The SMILES string of the molecule is Cc1cccc(NC(=O)c2c(-c3ccc(F)cc3)c3c4n(c(-c5ccc(Cl)cc5)cn24)CCCC3)c1. The summed E-state index contributed by atoms with van der Waals surface area (Å²) < 4.78 is 18.2. The van der Waals surface area contributed by atoms with Crippen molar-refractivity contribution in [2.75, 3.05) is 5.32 Å². The van der Waals surface area contributed by atoms with Gasteiger partial charge in [0.25, 0.3) is 5.91 Å². The summed E-state index contributed by atoms with van der Waals surface area (Å²) in [4.78, 5) is 13.9. The summed E-state index contributed by atoms with van der Waals surface area (Å²) in [6, 6.07) is 22.0. The lowest BCUT2D eigenvalue weighted by Crippen LogP contribution is -2.15. The third-order valence-electron chi connectivity index (χ3n) is 6.90. The van der Waals surface area contributed by atoms with Crippen LogP contribution in [-0.2, 0) is 13.0 Å². The van der Waals surface area contributed by atoms with Crippen LogP contribution in [0.2, 0.25) is 5.02 Å². The van der Waals surface area contributed by atoms with E-state index in [4.69, 9.17) is 11.6 Å². The lowest BCUT2D eigenvalue weighted by molar-refractivity contribution is 0.102. The molecule has 5 aromatic rings. The molecule has 0 bridgehead atoms. The van der Waals surface area contributed by atoms with Gasteiger partial charge in [0.15, 0.2) is 0 Å². The number of nitrogens with zero attached hydrogens (tertiary/aromatic N) is 2. The molecular weight excluding hydrogens is 473 g/mol. The molecule has 0 unspecified atom stereocenters. The Hall–Kier alpha value is -3.83. The van der Waals surface area contributed by atoms with Gasteiger partial charge >= 0.3 is 0 Å². The van der Waals surface area contributed by atoms with Crippen molar-refractivity contribution >= 4 is 28.8 Å². The maximum absolute atomic E-state index is 13.9. The summed E-state index contributed by atoms with van der Waals surface area (Å²) in [5, 5.41) is 3.79. The molecule has 1 aliphatic heterocycles. The number of nitrogens with one attached hydrogen (secondary N) is 1. The predicted octanol–water partition coefficient (Wildman–Crippen LogP) is 7.76. The van der Waals surface area contributed by atoms with Gasteiger partial charge in [-0.2, -0.15) is 0 Å². The number of rotatable bonds is 4. The number of benzene rings is 3. The number of amides is 1. The van der Waals surface area contributed by atoms with Gasteiger partial charge in [0, 0.05) is 34.6 Å². The molecular formula is C30H25ClFN3O. The maximum Gasteiger partial charge on any atom is 0.273 e. The summed E-state index contributed by atoms with van der Waals surface area (Å²) in [6.45, 7) is 2.85. The van der Waals surface area contributed by atoms with Crippen LogP contribution in [0.1, 0.15) is 34.5 Å². The quantitative estimate of drug-likeness (QED) is 0.270. The second-order valence-corrected chi connectivity index (χ2v) is 9.79. The van der Waals surface area contributed by atoms with E-state index in [1.54, 1.807) is 12.1 Å². The van der Waals surface area contributed by atoms with Crippen molar-refractivity contribution in [2.24, 2.45) is 0 Å². The molecule has 1 aliphatic rings. The first kappa shape index (κ1) is 22.6. The molecule has 3 heterocycles. The number of aryl methyl sites for hydroxylation is 3. The van der Waals surface area contributed by atoms with Crippen LogP contribution in [0, 0.1) is 12.7 Å². The summed E-state index contributed by atoms with van der Waals surface area (Å²) >= 11 is 6.16. The van der Waals surface area contributed by atoms with Gasteiger partial charge in [0.2, 0.25) is 0 Å². The molecule has 36 heavy (non-hydrogen) atoms. The summed E-state index contributed by atoms with van der Waals surface area (Å²) in [7, 11) is 0. The Morgan fingerprint density at radius 1 is 0.972 bits per heavy atom. The third-order valence-corrected chi connectivity index (χ3v) is 7.15. The molecule has 0 atom stereocenters. The second-order valence-electron chi connectivity index (χ2n) is 9.36. The zero-order chi connectivity index (χ0) is 24.8. The minimum atomic E-state index is -0.298. The van der Waals surface area contributed by atoms with Crippen molar-refractivity contribution in [1.29, 1.82) is 0 Å². The molecule has 6 heteroatoms. The standard InChI is InChI=1S/C30H25ClFN3O/c1-19-5-4-6-24(17-19)33-29(36)28-27(21-10-14-23(32)15-11-21)25-7-2-3-16-34-26(18-35(28)30(25)34)20-8-12-22(31)13-9-20/h4-6,8-15,17-18H,2-3,7,16H2,1H3,(H,33,36). The van der Waals surface area contributed by atoms with Crippen LogP contribution < -0.4 is 5.32 Å². The van der Waals surface area contributed by atoms with Crippen molar-refractivity contribution in [1.82, 2.24) is 8.97 Å². The van der Waals surface area contributed by atoms with Crippen LogP contribution in [0.4, 0.5) is 10.1 Å². The van der Waals surface area contributed by atoms with E-state index in [9.17, 15) is 9.18 Å². The Kier molecular flexibility index (Phi) is 5.65. The molecule has 4 nitrogen and oxygen atoms in total. The van der Waals surface area contributed by atoms with Gasteiger partial charge < -0.3 is 9.88 Å². The van der Waals surface area contributed by atoms with Crippen LogP contribution in [0.3, 0.4) is 0 Å². The van der Waals surface area contributed by atoms with Gasteiger partial charge in [0.1, 0.15) is 17.2 Å². The number of hydrogen-bond acceptors (Lipinski definition) is 1. The van der Waals surface area contributed by atoms with Crippen LogP contribution in [0.15, 0.2) is 79.0 Å². The van der Waals surface area contributed by atoms with Crippen molar-refractivity contribution < 1.29 is 9.18 Å². The first-order valence-corrected chi connectivity index (χ1v) is 12.5. The minimum Gasteiger partial charge on any atom is -0.325 e. The van der Waals surface area contributed by atoms with Crippen LogP contribution >= 0.6 is 11.6 Å². The van der Waals surface area contributed by atoms with E-state index < -0.39 is 0 Å². The van der Waals surface area contributed by atoms with Gasteiger partial charge in [0.05, 0.1) is 5.69 Å². The van der Waals surface area contributed by atoms with E-state index >= 15 is 0 Å². The molecule has 1 amide bonds. The lowest BCUT2D eigenvalue weighted by Gasteiger charge is -2.11. The zero-order valence-electron chi connectivity index (χ0n) is 19.9. The highest BCUT2D eigenvalue weighted by Gasteiger charge is 2.29. The van der Waals surface area contributed by atoms with E-state index in [1.807, 2.05) is 66.1 Å². The third kappa shape index (κ3) is 3.90. The van der Waals surface area contributed by atoms with Gasteiger partial charge in [-0.15, -0.1) is 0 Å². The zero-order valence-corrected chi connectivity index (χ0v) is 20.6. The fourth-order valence-corrected chi connectivity index (χ4v) is 5.43. The van der Waals surface area contributed by atoms with E-state index in [-0.39, 0.29) is 11.7 Å². The molecule has 0 radical (unpaired) electrons. The lowest BCUT2D eigenvalue weighted by atomic mass is 9.97. The number of anilines is 1. The first-order valence-electron chi connectivity index (χ1n) is 12.2. The largest absolute Gasteiger partial charge is 0.325 e. The number of imidazole rings is 1. The number of halogens is 2. The molecule has 0 fully saturated rings. The molecule has 0 saturated carbocycles. The molecule has 0 saturated heterocycles. The molecule has 0 spiro atoms. The van der Waals surface area contributed by atoms with E-state index in [2.05, 4.69) is 9.88 Å². The Labute approximate surface area is 214 Å². The van der Waals surface area contributed by atoms with Crippen molar-refractivity contribution in [3.05, 3.63) is 107 Å². The van der Waals surface area contributed by atoms with Crippen LogP contribution in [0.5, 0.6) is 0 Å². The Morgan fingerprint density at radius 3 is 2.47 bits per heavy atom. The summed E-state index contributed by atoms with van der Waals surface area (Å²) in [5.74, 6) is -0.491. The number of carbonyl (C=O) groups excluding carboxylic acids is 1. The predicted molar refractivity (Wildman–Crippen MR) is 143 cm³/mol.